The standard InChI is InChI=1S/C10H13FN4O2/c1-7-6-14(10(16)17)2-3-15(7)9-12-4-8(11)5-13-9/h4-5,7H,2-3,6H2,1H3,(H,16,17)/t7-/m1/s1. The molecule has 1 aromatic rings. The fourth-order valence-electron chi connectivity index (χ4n) is 1.88. The van der Waals surface area contributed by atoms with Crippen LogP contribution in [0.25, 0.3) is 0 Å². The Kier molecular flexibility index (Phi) is 3.08. The van der Waals surface area contributed by atoms with E-state index in [1.165, 1.54) is 4.90 Å². The molecule has 2 rings (SSSR count). The number of piperazine rings is 1. The first-order valence-corrected chi connectivity index (χ1v) is 5.30. The smallest absolute Gasteiger partial charge is 0.407 e. The van der Waals surface area contributed by atoms with E-state index in [4.69, 9.17) is 5.11 Å². The van der Waals surface area contributed by atoms with Gasteiger partial charge in [0.1, 0.15) is 0 Å². The van der Waals surface area contributed by atoms with Gasteiger partial charge in [-0.25, -0.2) is 19.2 Å². The van der Waals surface area contributed by atoms with Gasteiger partial charge >= 0.3 is 6.09 Å². The van der Waals surface area contributed by atoms with Gasteiger partial charge < -0.3 is 14.9 Å². The molecule has 92 valence electrons. The molecule has 0 spiro atoms. The molecular formula is C10H13FN4O2. The quantitative estimate of drug-likeness (QED) is 0.786. The van der Waals surface area contributed by atoms with Gasteiger partial charge in [0.2, 0.25) is 5.95 Å². The van der Waals surface area contributed by atoms with E-state index in [0.29, 0.717) is 25.6 Å². The van der Waals surface area contributed by atoms with Crippen molar-refractivity contribution in [3.63, 3.8) is 0 Å². The van der Waals surface area contributed by atoms with E-state index in [1.54, 1.807) is 0 Å². The van der Waals surface area contributed by atoms with Crippen LogP contribution < -0.4 is 4.90 Å². The van der Waals surface area contributed by atoms with Gasteiger partial charge in [-0.3, -0.25) is 0 Å². The number of halogens is 1. The highest BCUT2D eigenvalue weighted by Crippen LogP contribution is 2.15. The predicted octanol–water partition coefficient (Wildman–Crippen LogP) is 0.804. The van der Waals surface area contributed by atoms with Crippen LogP contribution in [-0.4, -0.2) is 51.7 Å². The van der Waals surface area contributed by atoms with Crippen LogP contribution in [-0.2, 0) is 0 Å². The van der Waals surface area contributed by atoms with Gasteiger partial charge in [0.05, 0.1) is 12.4 Å². The Balaban J connectivity index is 2.09. The number of carbonyl (C=O) groups is 1. The highest BCUT2D eigenvalue weighted by Gasteiger charge is 2.27. The summed E-state index contributed by atoms with van der Waals surface area (Å²) in [5.41, 5.74) is 0. The van der Waals surface area contributed by atoms with Crippen molar-refractivity contribution >= 4 is 12.0 Å². The van der Waals surface area contributed by atoms with Crippen LogP contribution >= 0.6 is 0 Å². The van der Waals surface area contributed by atoms with Crippen molar-refractivity contribution in [2.45, 2.75) is 13.0 Å². The number of anilines is 1. The summed E-state index contributed by atoms with van der Waals surface area (Å²) in [5.74, 6) is -0.0467. The van der Waals surface area contributed by atoms with Crippen molar-refractivity contribution in [2.75, 3.05) is 24.5 Å². The Morgan fingerprint density at radius 2 is 2.12 bits per heavy atom. The maximum absolute atomic E-state index is 12.7. The van der Waals surface area contributed by atoms with Crippen LogP contribution in [0, 0.1) is 5.82 Å². The van der Waals surface area contributed by atoms with Gasteiger partial charge in [0, 0.05) is 25.7 Å². The molecule has 17 heavy (non-hydrogen) atoms. The van der Waals surface area contributed by atoms with Crippen LogP contribution in [0.3, 0.4) is 0 Å². The average molecular weight is 240 g/mol. The number of aromatic nitrogens is 2. The second-order valence-electron chi connectivity index (χ2n) is 3.97. The number of hydrogen-bond donors (Lipinski definition) is 1. The van der Waals surface area contributed by atoms with E-state index >= 15 is 0 Å². The van der Waals surface area contributed by atoms with E-state index in [1.807, 2.05) is 11.8 Å². The SMILES string of the molecule is C[C@@H]1CN(C(=O)O)CCN1c1ncc(F)cn1. The normalized spacial score (nSPS) is 20.5. The Labute approximate surface area is 97.7 Å². The molecule has 1 aliphatic rings. The van der Waals surface area contributed by atoms with Crippen molar-refractivity contribution < 1.29 is 14.3 Å². The summed E-state index contributed by atoms with van der Waals surface area (Å²) in [7, 11) is 0. The zero-order chi connectivity index (χ0) is 12.4. The van der Waals surface area contributed by atoms with Crippen LogP contribution in [0.2, 0.25) is 0 Å². The second-order valence-corrected chi connectivity index (χ2v) is 3.97. The molecule has 0 aliphatic carbocycles. The fraction of sp³-hybridized carbons (Fsp3) is 0.500. The monoisotopic (exact) mass is 240 g/mol. The third kappa shape index (κ3) is 2.43. The van der Waals surface area contributed by atoms with Gasteiger partial charge in [0.15, 0.2) is 5.82 Å². The summed E-state index contributed by atoms with van der Waals surface area (Å²) in [5, 5.41) is 8.88. The van der Waals surface area contributed by atoms with Crippen LogP contribution in [0.5, 0.6) is 0 Å². The Morgan fingerprint density at radius 3 is 2.65 bits per heavy atom. The molecule has 1 aliphatic heterocycles. The molecule has 2 heterocycles. The summed E-state index contributed by atoms with van der Waals surface area (Å²) in [6, 6.07) is -0.0229. The van der Waals surface area contributed by atoms with Gasteiger partial charge in [-0.15, -0.1) is 0 Å². The van der Waals surface area contributed by atoms with E-state index in [2.05, 4.69) is 9.97 Å². The number of hydrogen-bond acceptors (Lipinski definition) is 4. The molecule has 0 unspecified atom stereocenters. The van der Waals surface area contributed by atoms with Crippen molar-refractivity contribution in [3.05, 3.63) is 18.2 Å². The molecule has 1 fully saturated rings. The third-order valence-corrected chi connectivity index (χ3v) is 2.76. The van der Waals surface area contributed by atoms with E-state index in [0.717, 1.165) is 12.4 Å². The molecule has 0 aromatic carbocycles. The summed E-state index contributed by atoms with van der Waals surface area (Å²) in [6.45, 7) is 3.21. The Morgan fingerprint density at radius 1 is 1.47 bits per heavy atom. The summed E-state index contributed by atoms with van der Waals surface area (Å²) in [6.07, 6.45) is 1.30. The van der Waals surface area contributed by atoms with Crippen LogP contribution in [0.15, 0.2) is 12.4 Å². The molecule has 7 heteroatoms. The zero-order valence-electron chi connectivity index (χ0n) is 9.38. The van der Waals surface area contributed by atoms with Crippen molar-refractivity contribution in [1.82, 2.24) is 14.9 Å². The molecule has 1 N–H and O–H groups in total. The van der Waals surface area contributed by atoms with Crippen LogP contribution in [0.4, 0.5) is 15.1 Å². The van der Waals surface area contributed by atoms with Crippen molar-refractivity contribution in [2.24, 2.45) is 0 Å². The third-order valence-electron chi connectivity index (χ3n) is 2.76. The number of amides is 1. The van der Waals surface area contributed by atoms with Crippen molar-refractivity contribution in [3.8, 4) is 0 Å². The lowest BCUT2D eigenvalue weighted by atomic mass is 10.2. The molecular weight excluding hydrogens is 227 g/mol. The minimum Gasteiger partial charge on any atom is -0.465 e. The summed E-state index contributed by atoms with van der Waals surface area (Å²) in [4.78, 5) is 21.8. The maximum Gasteiger partial charge on any atom is 0.407 e. The van der Waals surface area contributed by atoms with Crippen molar-refractivity contribution in [1.29, 1.82) is 0 Å². The molecule has 0 saturated carbocycles. The molecule has 6 nitrogen and oxygen atoms in total. The summed E-state index contributed by atoms with van der Waals surface area (Å²) < 4.78 is 12.7. The van der Waals surface area contributed by atoms with Gasteiger partial charge in [-0.1, -0.05) is 0 Å². The Hall–Kier alpha value is -1.92. The molecule has 1 atom stereocenters. The first-order valence-electron chi connectivity index (χ1n) is 5.30. The minimum atomic E-state index is -0.920. The number of nitrogens with zero attached hydrogens (tertiary/aromatic N) is 4. The topological polar surface area (TPSA) is 69.6 Å². The van der Waals surface area contributed by atoms with E-state index < -0.39 is 11.9 Å². The molecule has 1 aromatic heterocycles. The van der Waals surface area contributed by atoms with Gasteiger partial charge in [-0.05, 0) is 6.92 Å². The summed E-state index contributed by atoms with van der Waals surface area (Å²) >= 11 is 0. The highest BCUT2D eigenvalue weighted by molar-refractivity contribution is 5.65. The Bertz CT molecular complexity index is 411. The molecule has 1 amide bonds. The molecule has 0 bridgehead atoms. The number of carboxylic acid groups (broad SMARTS) is 1. The molecule has 1 saturated heterocycles. The lowest BCUT2D eigenvalue weighted by Crippen LogP contribution is -2.54. The second kappa shape index (κ2) is 4.52. The zero-order valence-corrected chi connectivity index (χ0v) is 9.38. The predicted molar refractivity (Wildman–Crippen MR) is 58.4 cm³/mol. The lowest BCUT2D eigenvalue weighted by molar-refractivity contribution is 0.136. The minimum absolute atomic E-state index is 0.0229. The van der Waals surface area contributed by atoms with E-state index in [-0.39, 0.29) is 6.04 Å². The maximum atomic E-state index is 12.7. The van der Waals surface area contributed by atoms with Crippen LogP contribution in [0.1, 0.15) is 6.92 Å². The first kappa shape index (κ1) is 11.6. The largest absolute Gasteiger partial charge is 0.465 e. The highest BCUT2D eigenvalue weighted by atomic mass is 19.1. The van der Waals surface area contributed by atoms with Gasteiger partial charge in [0.25, 0.3) is 0 Å². The van der Waals surface area contributed by atoms with E-state index in [9.17, 15) is 9.18 Å². The first-order chi connectivity index (χ1) is 8.08. The van der Waals surface area contributed by atoms with Gasteiger partial charge in [-0.2, -0.15) is 0 Å². The average Bonchev–Trinajstić information content (AvgIpc) is 2.30. The number of rotatable bonds is 1. The molecule has 0 radical (unpaired) electrons. The fourth-order valence-corrected chi connectivity index (χ4v) is 1.88. The lowest BCUT2D eigenvalue weighted by Gasteiger charge is -2.38.